The van der Waals surface area contributed by atoms with Gasteiger partial charge in [0, 0.05) is 29.1 Å². The van der Waals surface area contributed by atoms with Crippen molar-refractivity contribution in [1.82, 2.24) is 4.90 Å². The highest BCUT2D eigenvalue weighted by atomic mass is 32.1. The van der Waals surface area contributed by atoms with Gasteiger partial charge in [0.15, 0.2) is 0 Å². The maximum absolute atomic E-state index is 12.8. The van der Waals surface area contributed by atoms with Crippen LogP contribution in [-0.4, -0.2) is 48.6 Å². The highest BCUT2D eigenvalue weighted by Gasteiger charge is 2.30. The fourth-order valence-electron chi connectivity index (χ4n) is 3.68. The largest absolute Gasteiger partial charge is 0.341 e. The van der Waals surface area contributed by atoms with Gasteiger partial charge in [0.05, 0.1) is 5.71 Å². The van der Waals surface area contributed by atoms with Gasteiger partial charge in [-0.1, -0.05) is 30.3 Å². The van der Waals surface area contributed by atoms with Gasteiger partial charge in [-0.2, -0.15) is 0 Å². The van der Waals surface area contributed by atoms with Crippen LogP contribution in [0, 0.1) is 6.92 Å². The van der Waals surface area contributed by atoms with Crippen LogP contribution >= 0.6 is 11.3 Å². The Morgan fingerprint density at radius 2 is 1.89 bits per heavy atom. The molecule has 0 bridgehead atoms. The smallest absolute Gasteiger partial charge is 0.249 e. The number of thiophene rings is 1. The standard InChI is InChI=1S/C21H23N3O2S/c1-15-12-17-20(16-8-4-2-5-9-16)22-13-18(25)24(21(17)27-15)14-19(26)23-10-6-3-7-11-23/h2,4-5,8-9,12H,3,6-7,10-11,13-14H2,1H3. The van der Waals surface area contributed by atoms with Crippen molar-refractivity contribution in [2.45, 2.75) is 26.2 Å². The van der Waals surface area contributed by atoms with Gasteiger partial charge < -0.3 is 4.90 Å². The molecule has 0 spiro atoms. The minimum absolute atomic E-state index is 0.0308. The van der Waals surface area contributed by atoms with Crippen molar-refractivity contribution in [2.75, 3.05) is 31.1 Å². The summed E-state index contributed by atoms with van der Waals surface area (Å²) >= 11 is 1.56. The zero-order chi connectivity index (χ0) is 18.8. The van der Waals surface area contributed by atoms with E-state index in [9.17, 15) is 9.59 Å². The number of benzene rings is 1. The van der Waals surface area contributed by atoms with Crippen molar-refractivity contribution in [3.63, 3.8) is 0 Å². The number of hydrogen-bond donors (Lipinski definition) is 0. The van der Waals surface area contributed by atoms with E-state index in [2.05, 4.69) is 11.1 Å². The lowest BCUT2D eigenvalue weighted by Gasteiger charge is -2.29. The minimum atomic E-state index is -0.116. The molecule has 0 saturated carbocycles. The van der Waals surface area contributed by atoms with E-state index >= 15 is 0 Å². The molecule has 2 amide bonds. The molecule has 3 heterocycles. The highest BCUT2D eigenvalue weighted by Crippen LogP contribution is 2.35. The second-order valence-electron chi connectivity index (χ2n) is 7.03. The molecule has 0 unspecified atom stereocenters. The second-order valence-corrected chi connectivity index (χ2v) is 8.26. The molecule has 0 aliphatic carbocycles. The number of likely N-dealkylation sites (tertiary alicyclic amines) is 1. The summed E-state index contributed by atoms with van der Waals surface area (Å²) in [5.41, 5.74) is 2.77. The van der Waals surface area contributed by atoms with Crippen molar-refractivity contribution in [3.05, 3.63) is 52.4 Å². The lowest BCUT2D eigenvalue weighted by atomic mass is 10.0. The molecule has 1 saturated heterocycles. The maximum atomic E-state index is 12.8. The number of aliphatic imine (C=N–C) groups is 1. The number of carbonyl (C=O) groups excluding carboxylic acids is 2. The summed E-state index contributed by atoms with van der Waals surface area (Å²) in [6.07, 6.45) is 3.27. The first kappa shape index (κ1) is 17.9. The molecule has 5 nitrogen and oxygen atoms in total. The normalized spacial score (nSPS) is 17.4. The van der Waals surface area contributed by atoms with Crippen LogP contribution in [0.2, 0.25) is 0 Å². The summed E-state index contributed by atoms with van der Waals surface area (Å²) in [5.74, 6) is -0.0856. The average molecular weight is 382 g/mol. The molecule has 4 rings (SSSR count). The Morgan fingerprint density at radius 3 is 2.63 bits per heavy atom. The summed E-state index contributed by atoms with van der Waals surface area (Å²) in [4.78, 5) is 34.9. The highest BCUT2D eigenvalue weighted by molar-refractivity contribution is 7.16. The molecule has 1 aromatic carbocycles. The van der Waals surface area contributed by atoms with E-state index < -0.39 is 0 Å². The topological polar surface area (TPSA) is 53.0 Å². The summed E-state index contributed by atoms with van der Waals surface area (Å²) in [6.45, 7) is 3.78. The van der Waals surface area contributed by atoms with Crippen LogP contribution < -0.4 is 4.90 Å². The number of anilines is 1. The van der Waals surface area contributed by atoms with Gasteiger partial charge in [-0.15, -0.1) is 11.3 Å². The molecule has 2 aromatic rings. The molecule has 0 N–H and O–H groups in total. The molecule has 27 heavy (non-hydrogen) atoms. The van der Waals surface area contributed by atoms with Crippen LogP contribution in [0.25, 0.3) is 0 Å². The second kappa shape index (κ2) is 7.64. The number of rotatable bonds is 3. The van der Waals surface area contributed by atoms with E-state index in [0.717, 1.165) is 52.6 Å². The average Bonchev–Trinajstić information content (AvgIpc) is 3.03. The first-order chi connectivity index (χ1) is 13.1. The van der Waals surface area contributed by atoms with Crippen molar-refractivity contribution in [2.24, 2.45) is 4.99 Å². The number of amides is 2. The van der Waals surface area contributed by atoms with Crippen molar-refractivity contribution in [3.8, 4) is 0 Å². The van der Waals surface area contributed by atoms with E-state index in [4.69, 9.17) is 0 Å². The van der Waals surface area contributed by atoms with Gasteiger partial charge in [-0.05, 0) is 32.3 Å². The van der Waals surface area contributed by atoms with E-state index in [1.165, 1.54) is 6.42 Å². The third-order valence-electron chi connectivity index (χ3n) is 5.06. The Kier molecular flexibility index (Phi) is 5.07. The Bertz CT molecular complexity index is 882. The Morgan fingerprint density at radius 1 is 1.15 bits per heavy atom. The fraction of sp³-hybridized carbons (Fsp3) is 0.381. The van der Waals surface area contributed by atoms with Crippen molar-refractivity contribution in [1.29, 1.82) is 0 Å². The number of fused-ring (bicyclic) bond motifs is 1. The Labute approximate surface area is 163 Å². The molecule has 0 atom stereocenters. The number of carbonyl (C=O) groups is 2. The van der Waals surface area contributed by atoms with E-state index in [-0.39, 0.29) is 24.9 Å². The SMILES string of the molecule is Cc1cc2c(s1)N(CC(=O)N1CCCCC1)C(=O)CN=C2c1ccccc1. The maximum Gasteiger partial charge on any atom is 0.249 e. The van der Waals surface area contributed by atoms with Crippen LogP contribution in [-0.2, 0) is 9.59 Å². The molecule has 1 fully saturated rings. The van der Waals surface area contributed by atoms with E-state index in [0.29, 0.717) is 0 Å². The first-order valence-electron chi connectivity index (χ1n) is 9.42. The molecule has 140 valence electrons. The molecule has 1 aromatic heterocycles. The number of nitrogens with zero attached hydrogens (tertiary/aromatic N) is 3. The van der Waals surface area contributed by atoms with E-state index in [1.807, 2.05) is 42.2 Å². The fourth-order valence-corrected chi connectivity index (χ4v) is 4.71. The van der Waals surface area contributed by atoms with Crippen LogP contribution in [0.15, 0.2) is 41.4 Å². The molecule has 2 aliphatic rings. The Hall–Kier alpha value is -2.47. The first-order valence-corrected chi connectivity index (χ1v) is 10.2. The van der Waals surface area contributed by atoms with Crippen LogP contribution in [0.1, 0.15) is 35.3 Å². The molecular formula is C21H23N3O2S. The van der Waals surface area contributed by atoms with Crippen LogP contribution in [0.5, 0.6) is 0 Å². The molecule has 2 aliphatic heterocycles. The number of piperidine rings is 1. The van der Waals surface area contributed by atoms with Gasteiger partial charge >= 0.3 is 0 Å². The predicted molar refractivity (Wildman–Crippen MR) is 109 cm³/mol. The summed E-state index contributed by atoms with van der Waals surface area (Å²) in [5, 5.41) is 0.836. The lowest BCUT2D eigenvalue weighted by molar-refractivity contribution is -0.132. The third kappa shape index (κ3) is 3.67. The summed E-state index contributed by atoms with van der Waals surface area (Å²) in [6, 6.07) is 12.0. The van der Waals surface area contributed by atoms with E-state index in [1.54, 1.807) is 16.2 Å². The zero-order valence-corrected chi connectivity index (χ0v) is 16.3. The van der Waals surface area contributed by atoms with Crippen molar-refractivity contribution >= 4 is 33.9 Å². The quantitative estimate of drug-likeness (QED) is 0.819. The zero-order valence-electron chi connectivity index (χ0n) is 15.5. The van der Waals surface area contributed by atoms with Gasteiger partial charge in [0.25, 0.3) is 0 Å². The minimum Gasteiger partial charge on any atom is -0.341 e. The van der Waals surface area contributed by atoms with Crippen LogP contribution in [0.4, 0.5) is 5.00 Å². The molecular weight excluding hydrogens is 358 g/mol. The van der Waals surface area contributed by atoms with Crippen LogP contribution in [0.3, 0.4) is 0 Å². The van der Waals surface area contributed by atoms with Gasteiger partial charge in [-0.25, -0.2) is 0 Å². The van der Waals surface area contributed by atoms with Crippen molar-refractivity contribution < 1.29 is 9.59 Å². The van der Waals surface area contributed by atoms with Gasteiger partial charge in [-0.3, -0.25) is 19.5 Å². The lowest BCUT2D eigenvalue weighted by Crippen LogP contribution is -2.45. The molecule has 6 heteroatoms. The Balaban J connectivity index is 1.67. The summed E-state index contributed by atoms with van der Waals surface area (Å²) < 4.78 is 0. The summed E-state index contributed by atoms with van der Waals surface area (Å²) in [7, 11) is 0. The monoisotopic (exact) mass is 381 g/mol. The van der Waals surface area contributed by atoms with Gasteiger partial charge in [0.1, 0.15) is 18.1 Å². The number of hydrogen-bond acceptors (Lipinski definition) is 4. The van der Waals surface area contributed by atoms with Gasteiger partial charge in [0.2, 0.25) is 11.8 Å². The number of aryl methyl sites for hydroxylation is 1. The third-order valence-corrected chi connectivity index (χ3v) is 6.13. The predicted octanol–water partition coefficient (Wildman–Crippen LogP) is 3.25. The molecule has 0 radical (unpaired) electrons.